The number of fused-ring (bicyclic) bond motifs is 1. The highest BCUT2D eigenvalue weighted by Crippen LogP contribution is 2.31. The Kier molecular flexibility index (Phi) is 4.36. The number of nitrogens with zero attached hydrogens (tertiary/aromatic N) is 1. The summed E-state index contributed by atoms with van der Waals surface area (Å²) in [6, 6.07) is 10.2. The van der Waals surface area contributed by atoms with Crippen LogP contribution < -0.4 is 10.9 Å². The Bertz CT molecular complexity index is 1090. The van der Waals surface area contributed by atoms with Crippen LogP contribution in [-0.4, -0.2) is 27.2 Å². The molecule has 2 aromatic heterocycles. The third-order valence-corrected chi connectivity index (χ3v) is 5.52. The Morgan fingerprint density at radius 2 is 2.11 bits per heavy atom. The fourth-order valence-electron chi connectivity index (χ4n) is 4.07. The van der Waals surface area contributed by atoms with Gasteiger partial charge >= 0.3 is 5.97 Å². The van der Waals surface area contributed by atoms with Gasteiger partial charge in [-0.05, 0) is 61.2 Å². The second-order valence-electron chi connectivity index (χ2n) is 7.12. The quantitative estimate of drug-likeness (QED) is 0.662. The van der Waals surface area contributed by atoms with Crippen LogP contribution in [0, 0.1) is 0 Å². The molecule has 3 aromatic rings. The Morgan fingerprint density at radius 1 is 1.30 bits per heavy atom. The van der Waals surface area contributed by atoms with E-state index < -0.39 is 11.5 Å². The van der Waals surface area contributed by atoms with E-state index in [4.69, 9.17) is 0 Å². The lowest BCUT2D eigenvalue weighted by Crippen LogP contribution is -2.19. The zero-order chi connectivity index (χ0) is 19.1. The minimum absolute atomic E-state index is 0.217. The number of aryl methyl sites for hydroxylation is 2. The zero-order valence-corrected chi connectivity index (χ0v) is 15.5. The average Bonchev–Trinajstić information content (AvgIpc) is 3.29. The number of aromatic carboxylic acids is 1. The topological polar surface area (TPSA) is 87.1 Å². The molecule has 3 heterocycles. The predicted molar refractivity (Wildman–Crippen MR) is 105 cm³/mol. The molecular weight excluding hydrogens is 342 g/mol. The number of carboxylic acid groups (broad SMARTS) is 1. The number of hydrogen-bond acceptors (Lipinski definition) is 3. The highest BCUT2D eigenvalue weighted by Gasteiger charge is 2.21. The maximum Gasteiger partial charge on any atom is 0.341 e. The first-order chi connectivity index (χ1) is 13.0. The summed E-state index contributed by atoms with van der Waals surface area (Å²) in [6.07, 6.45) is 2.96. The van der Waals surface area contributed by atoms with E-state index in [1.807, 2.05) is 13.0 Å². The zero-order valence-electron chi connectivity index (χ0n) is 15.5. The third-order valence-electron chi connectivity index (χ3n) is 5.52. The minimum Gasteiger partial charge on any atom is -0.477 e. The summed E-state index contributed by atoms with van der Waals surface area (Å²) < 4.78 is 2.22. The molecule has 1 atom stereocenters. The van der Waals surface area contributed by atoms with Crippen molar-refractivity contribution in [1.29, 1.82) is 0 Å². The standard InChI is InChI=1S/C21H23N3O3/c1-3-12-10-15(21(26)27)20(25)23-19(12)13-6-7-17-14(9-13)11-18(24(17)2)16-5-4-8-22-16/h6-7,9-11,16,22H,3-5,8H2,1-2H3,(H,23,25)(H,26,27)/t16-/m0/s1. The van der Waals surface area contributed by atoms with Gasteiger partial charge in [0.05, 0.1) is 5.69 Å². The molecule has 0 aliphatic carbocycles. The maximum absolute atomic E-state index is 12.2. The second kappa shape index (κ2) is 6.70. The SMILES string of the molecule is CCc1cc(C(=O)O)c(=O)[nH]c1-c1ccc2c(c1)cc([C@@H]1CCCN1)n2C. The Labute approximate surface area is 156 Å². The number of hydrogen-bond donors (Lipinski definition) is 3. The Morgan fingerprint density at radius 3 is 2.78 bits per heavy atom. The van der Waals surface area contributed by atoms with Crippen LogP contribution in [0.15, 0.2) is 35.1 Å². The van der Waals surface area contributed by atoms with Crippen molar-refractivity contribution < 1.29 is 9.90 Å². The van der Waals surface area contributed by atoms with Crippen LogP contribution in [0.2, 0.25) is 0 Å². The van der Waals surface area contributed by atoms with Gasteiger partial charge in [-0.3, -0.25) is 4.79 Å². The molecule has 1 fully saturated rings. The van der Waals surface area contributed by atoms with Gasteiger partial charge in [0.1, 0.15) is 5.56 Å². The molecule has 27 heavy (non-hydrogen) atoms. The number of nitrogens with one attached hydrogen (secondary N) is 2. The summed E-state index contributed by atoms with van der Waals surface area (Å²) in [7, 11) is 2.08. The van der Waals surface area contributed by atoms with Gasteiger partial charge in [0.15, 0.2) is 0 Å². The monoisotopic (exact) mass is 365 g/mol. The number of rotatable bonds is 4. The van der Waals surface area contributed by atoms with E-state index >= 15 is 0 Å². The van der Waals surface area contributed by atoms with Gasteiger partial charge in [-0.2, -0.15) is 0 Å². The van der Waals surface area contributed by atoms with Crippen LogP contribution in [-0.2, 0) is 13.5 Å². The van der Waals surface area contributed by atoms with Crippen molar-refractivity contribution in [2.75, 3.05) is 6.54 Å². The fourth-order valence-corrected chi connectivity index (χ4v) is 4.07. The number of carboxylic acids is 1. The molecule has 0 saturated carbocycles. The Hall–Kier alpha value is -2.86. The molecule has 6 heteroatoms. The van der Waals surface area contributed by atoms with Gasteiger partial charge in [0.25, 0.3) is 5.56 Å². The summed E-state index contributed by atoms with van der Waals surface area (Å²) in [4.78, 5) is 26.2. The molecule has 0 amide bonds. The number of aromatic nitrogens is 2. The first-order valence-electron chi connectivity index (χ1n) is 9.32. The second-order valence-corrected chi connectivity index (χ2v) is 7.12. The molecule has 1 aliphatic heterocycles. The van der Waals surface area contributed by atoms with Crippen molar-refractivity contribution in [3.63, 3.8) is 0 Å². The van der Waals surface area contributed by atoms with Crippen molar-refractivity contribution in [2.24, 2.45) is 7.05 Å². The molecule has 1 aliphatic rings. The number of carbonyl (C=O) groups is 1. The van der Waals surface area contributed by atoms with Crippen molar-refractivity contribution in [3.05, 3.63) is 57.5 Å². The van der Waals surface area contributed by atoms with Gasteiger partial charge in [0, 0.05) is 29.7 Å². The van der Waals surface area contributed by atoms with E-state index in [9.17, 15) is 14.7 Å². The number of H-pyrrole nitrogens is 1. The summed E-state index contributed by atoms with van der Waals surface area (Å²) >= 11 is 0. The van der Waals surface area contributed by atoms with Crippen molar-refractivity contribution in [3.8, 4) is 11.3 Å². The Balaban J connectivity index is 1.84. The number of pyridine rings is 1. The van der Waals surface area contributed by atoms with Gasteiger partial charge in [-0.1, -0.05) is 13.0 Å². The van der Waals surface area contributed by atoms with E-state index in [-0.39, 0.29) is 5.56 Å². The van der Waals surface area contributed by atoms with Crippen molar-refractivity contribution in [1.82, 2.24) is 14.9 Å². The lowest BCUT2D eigenvalue weighted by Gasteiger charge is -2.12. The minimum atomic E-state index is -1.20. The molecule has 0 spiro atoms. The lowest BCUT2D eigenvalue weighted by atomic mass is 10.0. The maximum atomic E-state index is 12.2. The lowest BCUT2D eigenvalue weighted by molar-refractivity contribution is 0.0695. The van der Waals surface area contributed by atoms with Crippen molar-refractivity contribution in [2.45, 2.75) is 32.2 Å². The average molecular weight is 365 g/mol. The predicted octanol–water partition coefficient (Wildman–Crippen LogP) is 3.22. The molecule has 3 N–H and O–H groups in total. The smallest absolute Gasteiger partial charge is 0.341 e. The first-order valence-corrected chi connectivity index (χ1v) is 9.32. The summed E-state index contributed by atoms with van der Waals surface area (Å²) in [5.41, 5.74) is 4.03. The normalized spacial score (nSPS) is 16.9. The van der Waals surface area contributed by atoms with Crippen LogP contribution >= 0.6 is 0 Å². The summed E-state index contributed by atoms with van der Waals surface area (Å²) in [5.74, 6) is -1.20. The molecule has 1 aromatic carbocycles. The first kappa shape index (κ1) is 17.5. The van der Waals surface area contributed by atoms with E-state index in [0.29, 0.717) is 18.2 Å². The largest absolute Gasteiger partial charge is 0.477 e. The molecule has 1 saturated heterocycles. The van der Waals surface area contributed by atoms with Crippen LogP contribution in [0.5, 0.6) is 0 Å². The number of aromatic amines is 1. The molecule has 0 bridgehead atoms. The summed E-state index contributed by atoms with van der Waals surface area (Å²) in [6.45, 7) is 3.00. The molecule has 0 radical (unpaired) electrons. The van der Waals surface area contributed by atoms with E-state index in [2.05, 4.69) is 40.1 Å². The van der Waals surface area contributed by atoms with Crippen LogP contribution in [0.3, 0.4) is 0 Å². The van der Waals surface area contributed by atoms with Gasteiger partial charge in [-0.25, -0.2) is 4.79 Å². The van der Waals surface area contributed by atoms with Crippen LogP contribution in [0.4, 0.5) is 0 Å². The van der Waals surface area contributed by atoms with Crippen molar-refractivity contribution >= 4 is 16.9 Å². The van der Waals surface area contributed by atoms with E-state index in [1.54, 1.807) is 0 Å². The molecule has 4 rings (SSSR count). The van der Waals surface area contributed by atoms with E-state index in [1.165, 1.54) is 18.2 Å². The molecule has 6 nitrogen and oxygen atoms in total. The molecular formula is C21H23N3O3. The summed E-state index contributed by atoms with van der Waals surface area (Å²) in [5, 5.41) is 13.9. The van der Waals surface area contributed by atoms with Gasteiger partial charge in [-0.15, -0.1) is 0 Å². The highest BCUT2D eigenvalue weighted by atomic mass is 16.4. The fraction of sp³-hybridized carbons (Fsp3) is 0.333. The number of benzene rings is 1. The van der Waals surface area contributed by atoms with Crippen LogP contribution in [0.25, 0.3) is 22.2 Å². The van der Waals surface area contributed by atoms with Gasteiger partial charge < -0.3 is 20.0 Å². The molecule has 140 valence electrons. The van der Waals surface area contributed by atoms with E-state index in [0.717, 1.165) is 35.0 Å². The molecule has 0 unspecified atom stereocenters. The third kappa shape index (κ3) is 2.96. The van der Waals surface area contributed by atoms with Gasteiger partial charge in [0.2, 0.25) is 0 Å². The highest BCUT2D eigenvalue weighted by molar-refractivity contribution is 5.89. The van der Waals surface area contributed by atoms with Crippen LogP contribution in [0.1, 0.15) is 47.4 Å².